The van der Waals surface area contributed by atoms with Crippen LogP contribution in [0.1, 0.15) is 37.8 Å². The molecule has 2 heterocycles. The van der Waals surface area contributed by atoms with Crippen LogP contribution in [0.5, 0.6) is 0 Å². The van der Waals surface area contributed by atoms with Crippen molar-refractivity contribution in [1.82, 2.24) is 19.4 Å². The van der Waals surface area contributed by atoms with Gasteiger partial charge in [0.2, 0.25) is 0 Å². The van der Waals surface area contributed by atoms with Gasteiger partial charge in [0.15, 0.2) is 0 Å². The maximum Gasteiger partial charge on any atom is 0.0946 e. The van der Waals surface area contributed by atoms with Crippen molar-refractivity contribution in [2.45, 2.75) is 45.3 Å². The zero-order valence-electron chi connectivity index (χ0n) is 12.2. The Hall–Kier alpha value is -1.55. The minimum Gasteiger partial charge on any atom is -0.352 e. The lowest BCUT2D eigenvalue weighted by molar-refractivity contribution is 0.479. The van der Waals surface area contributed by atoms with E-state index in [2.05, 4.69) is 44.8 Å². The molecule has 0 amide bonds. The summed E-state index contributed by atoms with van der Waals surface area (Å²) in [5, 5.41) is 3.70. The summed E-state index contributed by atoms with van der Waals surface area (Å²) in [6, 6.07) is 2.84. The lowest BCUT2D eigenvalue weighted by Gasteiger charge is -2.16. The molecule has 1 N–H and O–H groups in total. The highest BCUT2D eigenvalue weighted by Gasteiger charge is 2.32. The molecule has 0 aliphatic heterocycles. The predicted octanol–water partition coefficient (Wildman–Crippen LogP) is 2.84. The zero-order valence-corrected chi connectivity index (χ0v) is 12.2. The third-order valence-corrected chi connectivity index (χ3v) is 4.02. The molecule has 0 bridgehead atoms. The Bertz CT molecular complexity index is 510. The number of aryl methyl sites for hydroxylation is 2. The molecule has 0 radical (unpaired) electrons. The van der Waals surface area contributed by atoms with E-state index in [-0.39, 0.29) is 0 Å². The third-order valence-electron chi connectivity index (χ3n) is 4.02. The molecule has 2 aromatic rings. The molecular formula is C16H24N4. The highest BCUT2D eigenvalue weighted by Crippen LogP contribution is 2.41. The van der Waals surface area contributed by atoms with Gasteiger partial charge in [-0.2, -0.15) is 0 Å². The number of nitrogens with zero attached hydrogens (tertiary/aromatic N) is 3. The summed E-state index contributed by atoms with van der Waals surface area (Å²) in [4.78, 5) is 4.08. The molecule has 1 unspecified atom stereocenters. The van der Waals surface area contributed by atoms with Crippen molar-refractivity contribution in [3.05, 3.63) is 42.7 Å². The molecule has 0 spiro atoms. The number of rotatable bonds is 8. The van der Waals surface area contributed by atoms with Crippen molar-refractivity contribution in [2.24, 2.45) is 5.92 Å². The minimum absolute atomic E-state index is 0.560. The Morgan fingerprint density at radius 1 is 1.30 bits per heavy atom. The number of aromatic nitrogens is 3. The first-order chi connectivity index (χ1) is 9.86. The second-order valence-electron chi connectivity index (χ2n) is 5.75. The molecule has 1 aliphatic rings. The van der Waals surface area contributed by atoms with Gasteiger partial charge in [-0.15, -0.1) is 0 Å². The average Bonchev–Trinajstić information content (AvgIpc) is 2.98. The second kappa shape index (κ2) is 6.27. The first-order valence-electron chi connectivity index (χ1n) is 7.71. The minimum atomic E-state index is 0.560. The van der Waals surface area contributed by atoms with Gasteiger partial charge in [-0.25, -0.2) is 4.98 Å². The molecule has 20 heavy (non-hydrogen) atoms. The van der Waals surface area contributed by atoms with Gasteiger partial charge < -0.3 is 14.5 Å². The molecule has 2 aromatic heterocycles. The molecule has 4 nitrogen and oxygen atoms in total. The molecule has 1 fully saturated rings. The van der Waals surface area contributed by atoms with E-state index < -0.39 is 0 Å². The van der Waals surface area contributed by atoms with Crippen molar-refractivity contribution in [2.75, 3.05) is 6.54 Å². The highest BCUT2D eigenvalue weighted by molar-refractivity contribution is 5.18. The number of hydrogen-bond acceptors (Lipinski definition) is 2. The van der Waals surface area contributed by atoms with Crippen LogP contribution in [-0.4, -0.2) is 20.7 Å². The summed E-state index contributed by atoms with van der Waals surface area (Å²) in [5.74, 6) is 0.853. The summed E-state index contributed by atoms with van der Waals surface area (Å²) < 4.78 is 4.41. The Kier molecular flexibility index (Phi) is 4.21. The average molecular weight is 272 g/mol. The van der Waals surface area contributed by atoms with Crippen molar-refractivity contribution in [3.63, 3.8) is 0 Å². The van der Waals surface area contributed by atoms with Gasteiger partial charge in [-0.3, -0.25) is 0 Å². The van der Waals surface area contributed by atoms with E-state index in [1.807, 2.05) is 18.7 Å². The van der Waals surface area contributed by atoms with Crippen LogP contribution in [0.2, 0.25) is 0 Å². The summed E-state index contributed by atoms with van der Waals surface area (Å²) in [7, 11) is 0. The van der Waals surface area contributed by atoms with Gasteiger partial charge in [-0.05, 0) is 43.4 Å². The van der Waals surface area contributed by atoms with Crippen molar-refractivity contribution < 1.29 is 0 Å². The van der Waals surface area contributed by atoms with E-state index >= 15 is 0 Å². The molecule has 1 atom stereocenters. The normalized spacial score (nSPS) is 16.4. The maximum atomic E-state index is 4.08. The molecule has 4 heteroatoms. The molecular weight excluding hydrogens is 248 g/mol. The molecule has 0 saturated heterocycles. The number of nitrogens with one attached hydrogen (secondary N) is 1. The Morgan fingerprint density at radius 2 is 2.15 bits per heavy atom. The van der Waals surface area contributed by atoms with Crippen molar-refractivity contribution in [3.8, 4) is 0 Å². The Balaban J connectivity index is 1.59. The lowest BCUT2D eigenvalue weighted by atomic mass is 10.1. The largest absolute Gasteiger partial charge is 0.352 e. The van der Waals surface area contributed by atoms with Crippen LogP contribution in [0.4, 0.5) is 0 Å². The number of hydrogen-bond donors (Lipinski definition) is 1. The third kappa shape index (κ3) is 3.31. The summed E-state index contributed by atoms with van der Waals surface area (Å²) >= 11 is 0. The Morgan fingerprint density at radius 3 is 2.85 bits per heavy atom. The first kappa shape index (κ1) is 13.4. The van der Waals surface area contributed by atoms with Crippen molar-refractivity contribution in [1.29, 1.82) is 0 Å². The summed E-state index contributed by atoms with van der Waals surface area (Å²) in [5.41, 5.74) is 1.45. The summed E-state index contributed by atoms with van der Waals surface area (Å²) in [6.45, 7) is 5.32. The van der Waals surface area contributed by atoms with Gasteiger partial charge in [-0.1, -0.05) is 6.92 Å². The smallest absolute Gasteiger partial charge is 0.0946 e. The summed E-state index contributed by atoms with van der Waals surface area (Å²) in [6.07, 6.45) is 14.2. The van der Waals surface area contributed by atoms with Crippen LogP contribution in [0.25, 0.3) is 0 Å². The van der Waals surface area contributed by atoms with Crippen LogP contribution in [0.15, 0.2) is 37.2 Å². The van der Waals surface area contributed by atoms with Crippen LogP contribution in [0, 0.1) is 5.92 Å². The molecule has 1 aliphatic carbocycles. The van der Waals surface area contributed by atoms with E-state index in [1.54, 1.807) is 0 Å². The molecule has 108 valence electrons. The quantitative estimate of drug-likeness (QED) is 0.802. The Labute approximate surface area is 120 Å². The zero-order chi connectivity index (χ0) is 13.8. The van der Waals surface area contributed by atoms with E-state index in [0.29, 0.717) is 6.04 Å². The van der Waals surface area contributed by atoms with Crippen LogP contribution in [0.3, 0.4) is 0 Å². The fourth-order valence-electron chi connectivity index (χ4n) is 2.72. The molecule has 1 saturated carbocycles. The van der Waals surface area contributed by atoms with E-state index in [9.17, 15) is 0 Å². The van der Waals surface area contributed by atoms with Gasteiger partial charge in [0, 0.05) is 43.9 Å². The molecule has 3 rings (SSSR count). The van der Waals surface area contributed by atoms with Crippen LogP contribution >= 0.6 is 0 Å². The monoisotopic (exact) mass is 272 g/mol. The van der Waals surface area contributed by atoms with Crippen LogP contribution < -0.4 is 5.32 Å². The van der Waals surface area contributed by atoms with Crippen molar-refractivity contribution >= 4 is 0 Å². The van der Waals surface area contributed by atoms with E-state index in [4.69, 9.17) is 0 Å². The molecule has 0 aromatic carbocycles. The van der Waals surface area contributed by atoms with Gasteiger partial charge in [0.25, 0.3) is 0 Å². The standard InChI is InChI=1S/C16H24N4/c1-2-6-18-16(14-3-4-14)15-5-8-19(12-15)10-11-20-9-7-17-13-20/h5,7-9,12-14,16,18H,2-4,6,10-11H2,1H3. The van der Waals surface area contributed by atoms with Crippen LogP contribution in [-0.2, 0) is 13.1 Å². The lowest BCUT2D eigenvalue weighted by Crippen LogP contribution is -2.23. The van der Waals surface area contributed by atoms with Gasteiger partial charge in [0.05, 0.1) is 6.33 Å². The first-order valence-corrected chi connectivity index (χ1v) is 7.71. The highest BCUT2D eigenvalue weighted by atomic mass is 15.1. The van der Waals surface area contributed by atoms with Gasteiger partial charge in [0.1, 0.15) is 0 Å². The SMILES string of the molecule is CCCNC(c1ccn(CCn2ccnc2)c1)C1CC1. The second-order valence-corrected chi connectivity index (χ2v) is 5.75. The van der Waals surface area contributed by atoms with E-state index in [1.165, 1.54) is 24.8 Å². The topological polar surface area (TPSA) is 34.8 Å². The fraction of sp³-hybridized carbons (Fsp3) is 0.562. The van der Waals surface area contributed by atoms with Gasteiger partial charge >= 0.3 is 0 Å². The maximum absolute atomic E-state index is 4.08. The number of imidazole rings is 1. The fourth-order valence-corrected chi connectivity index (χ4v) is 2.72. The van der Waals surface area contributed by atoms with E-state index in [0.717, 1.165) is 25.6 Å². The predicted molar refractivity (Wildman–Crippen MR) is 80.4 cm³/mol.